The zero-order valence-electron chi connectivity index (χ0n) is 13.1. The van der Waals surface area contributed by atoms with Gasteiger partial charge in [-0.1, -0.05) is 6.92 Å². The first-order valence-electron chi connectivity index (χ1n) is 7.12. The SMILES string of the molecule is CCc1nc(N(CCCOC)CCOC)sc1CNC. The highest BCUT2D eigenvalue weighted by atomic mass is 32.1. The third-order valence-electron chi connectivity index (χ3n) is 3.05. The Hall–Kier alpha value is -0.690. The second-order valence-electron chi connectivity index (χ2n) is 4.58. The van der Waals surface area contributed by atoms with Crippen molar-refractivity contribution in [3.05, 3.63) is 10.6 Å². The molecule has 0 atom stereocenters. The Morgan fingerprint density at radius 3 is 2.55 bits per heavy atom. The molecular weight excluding hydrogens is 274 g/mol. The van der Waals surface area contributed by atoms with Crippen molar-refractivity contribution >= 4 is 16.5 Å². The maximum atomic E-state index is 5.20. The molecule has 0 aliphatic heterocycles. The van der Waals surface area contributed by atoms with Crippen LogP contribution in [0.25, 0.3) is 0 Å². The molecule has 0 saturated carbocycles. The Bertz CT molecular complexity index is 371. The molecule has 1 heterocycles. The lowest BCUT2D eigenvalue weighted by Gasteiger charge is -2.21. The van der Waals surface area contributed by atoms with E-state index in [0.717, 1.165) is 50.8 Å². The lowest BCUT2D eigenvalue weighted by molar-refractivity contribution is 0.191. The van der Waals surface area contributed by atoms with Crippen LogP contribution in [0.15, 0.2) is 0 Å². The van der Waals surface area contributed by atoms with Crippen LogP contribution in [0.4, 0.5) is 5.13 Å². The number of hydrogen-bond donors (Lipinski definition) is 1. The fourth-order valence-corrected chi connectivity index (χ4v) is 3.20. The summed E-state index contributed by atoms with van der Waals surface area (Å²) in [6.07, 6.45) is 1.98. The average Bonchev–Trinajstić information content (AvgIpc) is 2.86. The summed E-state index contributed by atoms with van der Waals surface area (Å²) in [5.74, 6) is 0. The van der Waals surface area contributed by atoms with E-state index in [1.54, 1.807) is 25.6 Å². The molecule has 0 radical (unpaired) electrons. The van der Waals surface area contributed by atoms with Gasteiger partial charge in [0, 0.05) is 45.3 Å². The first-order valence-corrected chi connectivity index (χ1v) is 7.94. The number of hydrogen-bond acceptors (Lipinski definition) is 6. The van der Waals surface area contributed by atoms with Gasteiger partial charge in [-0.3, -0.25) is 0 Å². The molecule has 1 aromatic rings. The van der Waals surface area contributed by atoms with Gasteiger partial charge in [0.1, 0.15) is 0 Å². The number of aromatic nitrogens is 1. The molecule has 5 nitrogen and oxygen atoms in total. The van der Waals surface area contributed by atoms with Gasteiger partial charge in [-0.05, 0) is 19.9 Å². The fourth-order valence-electron chi connectivity index (χ4n) is 1.98. The van der Waals surface area contributed by atoms with E-state index in [1.807, 2.05) is 7.05 Å². The number of nitrogens with zero attached hydrogens (tertiary/aromatic N) is 2. The van der Waals surface area contributed by atoms with Crippen molar-refractivity contribution in [2.75, 3.05) is 52.5 Å². The second kappa shape index (κ2) is 10.1. The molecule has 6 heteroatoms. The lowest BCUT2D eigenvalue weighted by Crippen LogP contribution is -2.28. The van der Waals surface area contributed by atoms with Crippen LogP contribution in [-0.2, 0) is 22.4 Å². The lowest BCUT2D eigenvalue weighted by atomic mass is 10.3. The Morgan fingerprint density at radius 2 is 1.95 bits per heavy atom. The molecule has 0 aliphatic carbocycles. The van der Waals surface area contributed by atoms with Crippen molar-refractivity contribution in [2.45, 2.75) is 26.3 Å². The van der Waals surface area contributed by atoms with Gasteiger partial charge in [0.15, 0.2) is 5.13 Å². The van der Waals surface area contributed by atoms with Crippen molar-refractivity contribution in [1.82, 2.24) is 10.3 Å². The highest BCUT2D eigenvalue weighted by molar-refractivity contribution is 7.15. The Labute approximate surface area is 126 Å². The smallest absolute Gasteiger partial charge is 0.185 e. The number of anilines is 1. The van der Waals surface area contributed by atoms with E-state index in [1.165, 1.54) is 10.6 Å². The van der Waals surface area contributed by atoms with E-state index >= 15 is 0 Å². The minimum Gasteiger partial charge on any atom is -0.385 e. The Balaban J connectivity index is 2.76. The standard InChI is InChI=1S/C14H27N3O2S/c1-5-12-13(11-15-2)20-14(16-12)17(8-10-19-4)7-6-9-18-3/h15H,5-11H2,1-4H3. The zero-order chi connectivity index (χ0) is 14.8. The summed E-state index contributed by atoms with van der Waals surface area (Å²) in [7, 11) is 5.45. The summed E-state index contributed by atoms with van der Waals surface area (Å²) in [4.78, 5) is 8.42. The molecule has 1 rings (SSSR count). The van der Waals surface area contributed by atoms with Crippen molar-refractivity contribution in [3.63, 3.8) is 0 Å². The average molecular weight is 301 g/mol. The molecule has 0 bridgehead atoms. The molecule has 0 amide bonds. The number of aryl methyl sites for hydroxylation is 1. The van der Waals surface area contributed by atoms with Gasteiger partial charge in [0.25, 0.3) is 0 Å². The summed E-state index contributed by atoms with van der Waals surface area (Å²) in [6, 6.07) is 0. The van der Waals surface area contributed by atoms with Gasteiger partial charge in [-0.15, -0.1) is 11.3 Å². The second-order valence-corrected chi connectivity index (χ2v) is 5.64. The normalized spacial score (nSPS) is 11.0. The van der Waals surface area contributed by atoms with Gasteiger partial charge >= 0.3 is 0 Å². The van der Waals surface area contributed by atoms with Crippen molar-refractivity contribution in [2.24, 2.45) is 0 Å². The Kier molecular flexibility index (Phi) is 8.77. The summed E-state index contributed by atoms with van der Waals surface area (Å²) in [5, 5.41) is 4.31. The molecule has 0 aromatic carbocycles. The topological polar surface area (TPSA) is 46.6 Å². The van der Waals surface area contributed by atoms with E-state index in [0.29, 0.717) is 0 Å². The molecule has 0 saturated heterocycles. The molecule has 0 unspecified atom stereocenters. The van der Waals surface area contributed by atoms with Gasteiger partial charge in [0.2, 0.25) is 0 Å². The van der Waals surface area contributed by atoms with Gasteiger partial charge < -0.3 is 19.7 Å². The first-order chi connectivity index (χ1) is 9.76. The van der Waals surface area contributed by atoms with Crippen molar-refractivity contribution in [1.29, 1.82) is 0 Å². The predicted molar refractivity (Wildman–Crippen MR) is 84.8 cm³/mol. The number of rotatable bonds is 11. The maximum Gasteiger partial charge on any atom is 0.185 e. The van der Waals surface area contributed by atoms with Crippen molar-refractivity contribution in [3.8, 4) is 0 Å². The van der Waals surface area contributed by atoms with Crippen LogP contribution in [-0.4, -0.2) is 52.6 Å². The summed E-state index contributed by atoms with van der Waals surface area (Å²) in [6.45, 7) is 6.36. The van der Waals surface area contributed by atoms with E-state index in [9.17, 15) is 0 Å². The zero-order valence-corrected chi connectivity index (χ0v) is 13.9. The number of methoxy groups -OCH3 is 2. The number of nitrogens with one attached hydrogen (secondary N) is 1. The first kappa shape index (κ1) is 17.4. The fraction of sp³-hybridized carbons (Fsp3) is 0.786. The summed E-state index contributed by atoms with van der Waals surface area (Å²) < 4.78 is 10.3. The highest BCUT2D eigenvalue weighted by Crippen LogP contribution is 2.27. The van der Waals surface area contributed by atoms with Crippen LogP contribution in [0.2, 0.25) is 0 Å². The molecular formula is C14H27N3O2S. The molecule has 20 heavy (non-hydrogen) atoms. The monoisotopic (exact) mass is 301 g/mol. The van der Waals surface area contributed by atoms with Gasteiger partial charge in [0.05, 0.1) is 12.3 Å². The van der Waals surface area contributed by atoms with E-state index < -0.39 is 0 Å². The molecule has 0 aliphatic rings. The van der Waals surface area contributed by atoms with E-state index in [-0.39, 0.29) is 0 Å². The summed E-state index contributed by atoms with van der Waals surface area (Å²) >= 11 is 1.78. The van der Waals surface area contributed by atoms with Gasteiger partial charge in [-0.2, -0.15) is 0 Å². The van der Waals surface area contributed by atoms with Crippen LogP contribution in [0.5, 0.6) is 0 Å². The molecule has 0 fully saturated rings. The quantitative estimate of drug-likeness (QED) is 0.633. The Morgan fingerprint density at radius 1 is 1.20 bits per heavy atom. The van der Waals surface area contributed by atoms with E-state index in [4.69, 9.17) is 14.5 Å². The third-order valence-corrected chi connectivity index (χ3v) is 4.21. The minimum atomic E-state index is 0.718. The molecule has 0 spiro atoms. The van der Waals surface area contributed by atoms with Gasteiger partial charge in [-0.25, -0.2) is 4.98 Å². The maximum absolute atomic E-state index is 5.20. The van der Waals surface area contributed by atoms with Crippen LogP contribution in [0, 0.1) is 0 Å². The highest BCUT2D eigenvalue weighted by Gasteiger charge is 2.14. The summed E-state index contributed by atoms with van der Waals surface area (Å²) in [5.41, 5.74) is 1.20. The number of thiazole rings is 1. The van der Waals surface area contributed by atoms with Crippen LogP contribution in [0.1, 0.15) is 23.9 Å². The van der Waals surface area contributed by atoms with Crippen LogP contribution >= 0.6 is 11.3 Å². The third kappa shape index (κ3) is 5.36. The minimum absolute atomic E-state index is 0.718. The molecule has 1 N–H and O–H groups in total. The van der Waals surface area contributed by atoms with Crippen molar-refractivity contribution < 1.29 is 9.47 Å². The molecule has 116 valence electrons. The van der Waals surface area contributed by atoms with Crippen LogP contribution in [0.3, 0.4) is 0 Å². The van der Waals surface area contributed by atoms with E-state index in [2.05, 4.69) is 17.1 Å². The largest absolute Gasteiger partial charge is 0.385 e. The molecule has 1 aromatic heterocycles. The van der Waals surface area contributed by atoms with Crippen LogP contribution < -0.4 is 10.2 Å². The predicted octanol–water partition coefficient (Wildman–Crippen LogP) is 1.91. The number of ether oxygens (including phenoxy) is 2.